The number of nitro benzene ring substituents is 1. The zero-order valence-corrected chi connectivity index (χ0v) is 17.5. The Balaban J connectivity index is 1.85. The summed E-state index contributed by atoms with van der Waals surface area (Å²) < 4.78 is 0. The van der Waals surface area contributed by atoms with Gasteiger partial charge < -0.3 is 5.32 Å². The van der Waals surface area contributed by atoms with Crippen molar-refractivity contribution in [2.24, 2.45) is 0 Å². The number of fused-ring (bicyclic) bond motifs is 1. The first-order chi connectivity index (χ1) is 14.8. The van der Waals surface area contributed by atoms with Crippen molar-refractivity contribution in [2.45, 2.75) is 20.8 Å². The highest BCUT2D eigenvalue weighted by Crippen LogP contribution is 2.29. The summed E-state index contributed by atoms with van der Waals surface area (Å²) in [6.45, 7) is 5.97. The first-order valence-corrected chi connectivity index (χ1v) is 9.86. The number of benzene rings is 3. The quantitative estimate of drug-likeness (QED) is 0.330. The number of pyridine rings is 1. The highest BCUT2D eigenvalue weighted by molar-refractivity contribution is 6.13. The fraction of sp³-hybridized carbons (Fsp3) is 0.120. The lowest BCUT2D eigenvalue weighted by atomic mass is 9.99. The van der Waals surface area contributed by atoms with Gasteiger partial charge in [-0.05, 0) is 44.5 Å². The van der Waals surface area contributed by atoms with E-state index in [9.17, 15) is 14.9 Å². The lowest BCUT2D eigenvalue weighted by Gasteiger charge is -2.13. The maximum atomic E-state index is 13.3. The molecule has 0 fully saturated rings. The zero-order chi connectivity index (χ0) is 22.1. The van der Waals surface area contributed by atoms with E-state index in [1.165, 1.54) is 12.1 Å². The van der Waals surface area contributed by atoms with Gasteiger partial charge in [0.05, 0.1) is 21.7 Å². The highest BCUT2D eigenvalue weighted by Gasteiger charge is 2.17. The van der Waals surface area contributed by atoms with E-state index in [4.69, 9.17) is 4.98 Å². The number of carbonyl (C=O) groups excluding carboxylic acids is 1. The minimum Gasteiger partial charge on any atom is -0.322 e. The fourth-order valence-electron chi connectivity index (χ4n) is 3.64. The predicted octanol–water partition coefficient (Wildman–Crippen LogP) is 5.99. The summed E-state index contributed by atoms with van der Waals surface area (Å²) in [5, 5.41) is 14.6. The third-order valence-electron chi connectivity index (χ3n) is 5.16. The van der Waals surface area contributed by atoms with Crippen molar-refractivity contribution in [1.82, 2.24) is 4.98 Å². The molecule has 31 heavy (non-hydrogen) atoms. The molecule has 0 unspecified atom stereocenters. The molecule has 0 aliphatic heterocycles. The van der Waals surface area contributed by atoms with Gasteiger partial charge in [-0.3, -0.25) is 14.9 Å². The summed E-state index contributed by atoms with van der Waals surface area (Å²) in [7, 11) is 0. The molecule has 0 aliphatic carbocycles. The number of carbonyl (C=O) groups is 1. The van der Waals surface area contributed by atoms with Crippen molar-refractivity contribution in [3.8, 4) is 11.3 Å². The smallest absolute Gasteiger partial charge is 0.271 e. The van der Waals surface area contributed by atoms with Crippen molar-refractivity contribution in [3.63, 3.8) is 0 Å². The van der Waals surface area contributed by atoms with Crippen LogP contribution in [0, 0.1) is 30.9 Å². The molecular weight excluding hydrogens is 390 g/mol. The molecule has 1 amide bonds. The van der Waals surface area contributed by atoms with Gasteiger partial charge in [-0.15, -0.1) is 0 Å². The predicted molar refractivity (Wildman–Crippen MR) is 122 cm³/mol. The Bertz CT molecular complexity index is 1330. The Morgan fingerprint density at radius 1 is 0.935 bits per heavy atom. The van der Waals surface area contributed by atoms with Crippen LogP contribution < -0.4 is 5.32 Å². The van der Waals surface area contributed by atoms with Gasteiger partial charge in [-0.1, -0.05) is 47.5 Å². The van der Waals surface area contributed by atoms with Crippen LogP contribution in [0.2, 0.25) is 0 Å². The number of non-ortho nitro benzene ring substituents is 1. The van der Waals surface area contributed by atoms with E-state index in [0.717, 1.165) is 33.2 Å². The second-order valence-electron chi connectivity index (χ2n) is 7.66. The van der Waals surface area contributed by atoms with E-state index >= 15 is 0 Å². The van der Waals surface area contributed by atoms with E-state index in [-0.39, 0.29) is 11.6 Å². The van der Waals surface area contributed by atoms with Crippen molar-refractivity contribution in [2.75, 3.05) is 5.32 Å². The Morgan fingerprint density at radius 2 is 1.68 bits per heavy atom. The molecule has 1 N–H and O–H groups in total. The number of anilines is 1. The summed E-state index contributed by atoms with van der Waals surface area (Å²) >= 11 is 0. The fourth-order valence-corrected chi connectivity index (χ4v) is 3.64. The van der Waals surface area contributed by atoms with Crippen LogP contribution in [0.25, 0.3) is 22.2 Å². The summed E-state index contributed by atoms with van der Waals surface area (Å²) in [5.41, 5.74) is 6.27. The van der Waals surface area contributed by atoms with Crippen molar-refractivity contribution < 1.29 is 9.72 Å². The Morgan fingerprint density at radius 3 is 2.39 bits per heavy atom. The summed E-state index contributed by atoms with van der Waals surface area (Å²) in [6.07, 6.45) is 0. The molecule has 6 nitrogen and oxygen atoms in total. The van der Waals surface area contributed by atoms with Crippen LogP contribution in [0.1, 0.15) is 27.0 Å². The zero-order valence-electron chi connectivity index (χ0n) is 17.5. The third kappa shape index (κ3) is 4.14. The maximum absolute atomic E-state index is 13.3. The molecule has 3 aromatic carbocycles. The van der Waals surface area contributed by atoms with Crippen LogP contribution in [-0.2, 0) is 0 Å². The molecule has 6 heteroatoms. The first kappa shape index (κ1) is 20.2. The molecule has 154 valence electrons. The maximum Gasteiger partial charge on any atom is 0.271 e. The van der Waals surface area contributed by atoms with E-state index in [0.29, 0.717) is 16.9 Å². The number of nitro groups is 1. The number of aryl methyl sites for hydroxylation is 3. The Labute approximate surface area is 179 Å². The molecular formula is C25H21N3O3. The summed E-state index contributed by atoms with van der Waals surface area (Å²) in [5.74, 6) is -0.341. The largest absolute Gasteiger partial charge is 0.322 e. The van der Waals surface area contributed by atoms with Crippen molar-refractivity contribution in [3.05, 3.63) is 99.1 Å². The molecule has 4 rings (SSSR count). The van der Waals surface area contributed by atoms with E-state index < -0.39 is 4.92 Å². The molecule has 1 aromatic heterocycles. The minimum absolute atomic E-state index is 0.0792. The van der Waals surface area contributed by atoms with Gasteiger partial charge in [-0.25, -0.2) is 4.98 Å². The van der Waals surface area contributed by atoms with Gasteiger partial charge in [0.2, 0.25) is 0 Å². The first-order valence-electron chi connectivity index (χ1n) is 9.86. The average Bonchev–Trinajstić information content (AvgIpc) is 2.74. The molecule has 0 atom stereocenters. The second-order valence-corrected chi connectivity index (χ2v) is 7.66. The molecule has 0 spiro atoms. The number of nitrogens with zero attached hydrogens (tertiary/aromatic N) is 2. The average molecular weight is 411 g/mol. The second kappa shape index (κ2) is 7.99. The van der Waals surface area contributed by atoms with E-state index in [1.807, 2.05) is 57.2 Å². The number of hydrogen-bond acceptors (Lipinski definition) is 4. The van der Waals surface area contributed by atoms with Gasteiger partial charge in [0.25, 0.3) is 11.6 Å². The molecule has 0 aliphatic rings. The van der Waals surface area contributed by atoms with E-state index in [1.54, 1.807) is 18.2 Å². The molecule has 0 radical (unpaired) electrons. The van der Waals surface area contributed by atoms with E-state index in [2.05, 4.69) is 5.32 Å². The van der Waals surface area contributed by atoms with Crippen molar-refractivity contribution in [1.29, 1.82) is 0 Å². The number of amides is 1. The van der Waals surface area contributed by atoms with Crippen LogP contribution >= 0.6 is 0 Å². The topological polar surface area (TPSA) is 85.1 Å². The molecule has 0 bridgehead atoms. The SMILES string of the molecule is Cc1ccc(-c2cc(C(=O)Nc3cccc([N+](=O)[O-])c3)c3cc(C)cc(C)c3n2)cc1. The van der Waals surface area contributed by atoms with Gasteiger partial charge in [-0.2, -0.15) is 0 Å². The van der Waals surface area contributed by atoms with Gasteiger partial charge in [0.1, 0.15) is 0 Å². The highest BCUT2D eigenvalue weighted by atomic mass is 16.6. The number of aromatic nitrogens is 1. The third-order valence-corrected chi connectivity index (χ3v) is 5.16. The van der Waals surface area contributed by atoms with Crippen LogP contribution in [0.4, 0.5) is 11.4 Å². The Kier molecular flexibility index (Phi) is 5.21. The lowest BCUT2D eigenvalue weighted by Crippen LogP contribution is -2.13. The molecule has 0 saturated heterocycles. The standard InChI is InChI=1S/C25H21N3O3/c1-15-7-9-18(10-8-15)23-14-22(21-12-16(2)11-17(3)24(21)27-23)25(29)26-19-5-4-6-20(13-19)28(30)31/h4-14H,1-3H3,(H,26,29). The van der Waals surface area contributed by atoms with Crippen LogP contribution in [-0.4, -0.2) is 15.8 Å². The monoisotopic (exact) mass is 411 g/mol. The van der Waals surface area contributed by atoms with Crippen LogP contribution in [0.3, 0.4) is 0 Å². The summed E-state index contributed by atoms with van der Waals surface area (Å²) in [4.78, 5) is 28.7. The molecule has 1 heterocycles. The Hall–Kier alpha value is -4.06. The number of hydrogen-bond donors (Lipinski definition) is 1. The van der Waals surface area contributed by atoms with Gasteiger partial charge in [0.15, 0.2) is 0 Å². The normalized spacial score (nSPS) is 10.8. The number of nitrogens with one attached hydrogen (secondary N) is 1. The molecule has 0 saturated carbocycles. The minimum atomic E-state index is -0.486. The van der Waals surface area contributed by atoms with Crippen LogP contribution in [0.5, 0.6) is 0 Å². The molecule has 4 aromatic rings. The number of rotatable bonds is 4. The van der Waals surface area contributed by atoms with Crippen molar-refractivity contribution >= 4 is 28.2 Å². The van der Waals surface area contributed by atoms with Crippen LogP contribution in [0.15, 0.2) is 66.7 Å². The van der Waals surface area contributed by atoms with Gasteiger partial charge in [0, 0.05) is 28.8 Å². The lowest BCUT2D eigenvalue weighted by molar-refractivity contribution is -0.384. The summed E-state index contributed by atoms with van der Waals surface area (Å²) in [6, 6.07) is 19.6. The van der Waals surface area contributed by atoms with Gasteiger partial charge >= 0.3 is 0 Å².